The van der Waals surface area contributed by atoms with Crippen molar-refractivity contribution in [2.45, 2.75) is 39.7 Å². The number of rotatable bonds is 6. The van der Waals surface area contributed by atoms with Gasteiger partial charge in [0.05, 0.1) is 6.26 Å². The smallest absolute Gasteiger partial charge is 0.133 e. The minimum atomic E-state index is 0.149. The Hall–Kier alpha value is -1.54. The Morgan fingerprint density at radius 1 is 1.32 bits per heavy atom. The van der Waals surface area contributed by atoms with E-state index in [0.29, 0.717) is 0 Å². The fourth-order valence-electron chi connectivity index (χ4n) is 1.93. The number of benzene rings is 1. The Bertz CT molecular complexity index is 441. The molecule has 0 aliphatic heterocycles. The largest absolute Gasteiger partial charge is 0.465 e. The van der Waals surface area contributed by atoms with Crippen LogP contribution in [0.4, 0.5) is 0 Å². The highest BCUT2D eigenvalue weighted by Crippen LogP contribution is 2.24. The predicted octanol–water partition coefficient (Wildman–Crippen LogP) is 4.17. The second-order valence-electron chi connectivity index (χ2n) is 5.54. The van der Waals surface area contributed by atoms with Crippen molar-refractivity contribution in [1.29, 1.82) is 0 Å². The average Bonchev–Trinajstić information content (AvgIpc) is 2.32. The Balaban J connectivity index is 2.87. The molecule has 2 heteroatoms. The summed E-state index contributed by atoms with van der Waals surface area (Å²) in [6.45, 7) is 13.1. The van der Waals surface area contributed by atoms with E-state index in [1.807, 2.05) is 25.1 Å². The van der Waals surface area contributed by atoms with Gasteiger partial charge < -0.3 is 10.1 Å². The molecule has 19 heavy (non-hydrogen) atoms. The lowest BCUT2D eigenvalue weighted by molar-refractivity contribution is 0.429. The van der Waals surface area contributed by atoms with E-state index in [-0.39, 0.29) is 5.54 Å². The van der Waals surface area contributed by atoms with Gasteiger partial charge >= 0.3 is 0 Å². The molecule has 2 nitrogen and oxygen atoms in total. The maximum Gasteiger partial charge on any atom is 0.133 e. The lowest BCUT2D eigenvalue weighted by Gasteiger charge is -2.21. The summed E-state index contributed by atoms with van der Waals surface area (Å²) in [7, 11) is 0. The molecule has 1 N–H and O–H groups in total. The molecule has 0 amide bonds. The fraction of sp³-hybridized carbons (Fsp3) is 0.412. The zero-order chi connectivity index (χ0) is 14.3. The quantitative estimate of drug-likeness (QED) is 0.774. The zero-order valence-electron chi connectivity index (χ0n) is 12.5. The van der Waals surface area contributed by atoms with Crippen molar-refractivity contribution in [3.63, 3.8) is 0 Å². The van der Waals surface area contributed by atoms with Gasteiger partial charge in [-0.15, -0.1) is 0 Å². The van der Waals surface area contributed by atoms with E-state index in [9.17, 15) is 0 Å². The first kappa shape index (κ1) is 15.5. The fourth-order valence-corrected chi connectivity index (χ4v) is 1.93. The summed E-state index contributed by atoms with van der Waals surface area (Å²) in [6, 6.07) is 6.14. The lowest BCUT2D eigenvalue weighted by Crippen LogP contribution is -2.37. The van der Waals surface area contributed by atoms with Crippen LogP contribution in [0, 0.1) is 0 Å². The number of nitrogens with one attached hydrogen (secondary N) is 1. The maximum absolute atomic E-state index is 5.47. The standard InChI is InChI=1S/C17H25NO/c1-6-9-15-14(12-13-18-17(3,4)5)10-8-11-16(15)19-7-2/h6-11,18H,2,12-13H2,1,3-5H3/b9-6-. The van der Waals surface area contributed by atoms with Gasteiger partial charge in [0.15, 0.2) is 0 Å². The van der Waals surface area contributed by atoms with Gasteiger partial charge in [0, 0.05) is 11.1 Å². The molecule has 1 aromatic rings. The third kappa shape index (κ3) is 5.31. The van der Waals surface area contributed by atoms with Crippen molar-refractivity contribution in [3.8, 4) is 5.75 Å². The Labute approximate surface area is 117 Å². The van der Waals surface area contributed by atoms with E-state index in [2.05, 4.69) is 44.8 Å². The van der Waals surface area contributed by atoms with Crippen LogP contribution in [0.5, 0.6) is 5.75 Å². The Morgan fingerprint density at radius 2 is 2.05 bits per heavy atom. The van der Waals surface area contributed by atoms with Crippen LogP contribution in [0.1, 0.15) is 38.8 Å². The van der Waals surface area contributed by atoms with Crippen LogP contribution in [0.3, 0.4) is 0 Å². The summed E-state index contributed by atoms with van der Waals surface area (Å²) in [5.41, 5.74) is 2.57. The van der Waals surface area contributed by atoms with Gasteiger partial charge in [-0.3, -0.25) is 0 Å². The SMILES string of the molecule is C=COc1cccc(CCNC(C)(C)C)c1/C=C\C. The van der Waals surface area contributed by atoms with Crippen LogP contribution in [-0.2, 0) is 6.42 Å². The van der Waals surface area contributed by atoms with Crippen molar-refractivity contribution < 1.29 is 4.74 Å². The van der Waals surface area contributed by atoms with Crippen LogP contribution in [0.2, 0.25) is 0 Å². The molecule has 0 aliphatic rings. The molecular weight excluding hydrogens is 234 g/mol. The monoisotopic (exact) mass is 259 g/mol. The molecular formula is C17H25NO. The summed E-state index contributed by atoms with van der Waals surface area (Å²) in [5, 5.41) is 3.51. The van der Waals surface area contributed by atoms with Gasteiger partial charge in [-0.05, 0) is 52.3 Å². The summed E-state index contributed by atoms with van der Waals surface area (Å²) in [4.78, 5) is 0. The van der Waals surface area contributed by atoms with Crippen molar-refractivity contribution in [2.24, 2.45) is 0 Å². The number of hydrogen-bond donors (Lipinski definition) is 1. The number of allylic oxidation sites excluding steroid dienone is 1. The first-order valence-corrected chi connectivity index (χ1v) is 6.75. The molecule has 1 aromatic carbocycles. The van der Waals surface area contributed by atoms with E-state index < -0.39 is 0 Å². The second-order valence-corrected chi connectivity index (χ2v) is 5.54. The molecule has 0 heterocycles. The van der Waals surface area contributed by atoms with Gasteiger partial charge in [0.25, 0.3) is 0 Å². The highest BCUT2D eigenvalue weighted by Gasteiger charge is 2.10. The topological polar surface area (TPSA) is 21.3 Å². The van der Waals surface area contributed by atoms with Crippen LogP contribution in [0.15, 0.2) is 37.1 Å². The summed E-state index contributed by atoms with van der Waals surface area (Å²) in [6.07, 6.45) is 6.57. The van der Waals surface area contributed by atoms with Gasteiger partial charge in [-0.1, -0.05) is 30.9 Å². The van der Waals surface area contributed by atoms with Crippen molar-refractivity contribution >= 4 is 6.08 Å². The number of hydrogen-bond acceptors (Lipinski definition) is 2. The molecule has 0 aliphatic carbocycles. The lowest BCUT2D eigenvalue weighted by atomic mass is 10.0. The number of ether oxygens (including phenoxy) is 1. The van der Waals surface area contributed by atoms with E-state index in [1.54, 1.807) is 0 Å². The van der Waals surface area contributed by atoms with Gasteiger partial charge in [0.2, 0.25) is 0 Å². The normalized spacial score (nSPS) is 11.8. The molecule has 104 valence electrons. The summed E-state index contributed by atoms with van der Waals surface area (Å²) < 4.78 is 5.47. The first-order chi connectivity index (χ1) is 8.98. The molecule has 0 aromatic heterocycles. The summed E-state index contributed by atoms with van der Waals surface area (Å²) >= 11 is 0. The van der Waals surface area contributed by atoms with Crippen LogP contribution in [0.25, 0.3) is 6.08 Å². The maximum atomic E-state index is 5.47. The third-order valence-electron chi connectivity index (χ3n) is 2.75. The van der Waals surface area contributed by atoms with E-state index in [4.69, 9.17) is 4.74 Å². The highest BCUT2D eigenvalue weighted by molar-refractivity contribution is 5.61. The van der Waals surface area contributed by atoms with Crippen molar-refractivity contribution in [3.05, 3.63) is 48.2 Å². The van der Waals surface area contributed by atoms with E-state index in [1.165, 1.54) is 11.8 Å². The van der Waals surface area contributed by atoms with Gasteiger partial charge in [-0.2, -0.15) is 0 Å². The summed E-state index contributed by atoms with van der Waals surface area (Å²) in [5.74, 6) is 0.862. The molecule has 1 rings (SSSR count). The predicted molar refractivity (Wildman–Crippen MR) is 83.4 cm³/mol. The van der Waals surface area contributed by atoms with Crippen LogP contribution < -0.4 is 10.1 Å². The highest BCUT2D eigenvalue weighted by atomic mass is 16.5. The third-order valence-corrected chi connectivity index (χ3v) is 2.75. The van der Waals surface area contributed by atoms with Crippen LogP contribution >= 0.6 is 0 Å². The Morgan fingerprint density at radius 3 is 2.63 bits per heavy atom. The second kappa shape index (κ2) is 7.15. The molecule has 0 saturated carbocycles. The molecule has 0 bridgehead atoms. The minimum absolute atomic E-state index is 0.149. The van der Waals surface area contributed by atoms with Crippen molar-refractivity contribution in [1.82, 2.24) is 5.32 Å². The molecule has 0 unspecified atom stereocenters. The first-order valence-electron chi connectivity index (χ1n) is 6.75. The van der Waals surface area contributed by atoms with E-state index in [0.717, 1.165) is 24.3 Å². The molecule has 0 atom stereocenters. The van der Waals surface area contributed by atoms with E-state index >= 15 is 0 Å². The molecule has 0 spiro atoms. The van der Waals surface area contributed by atoms with Gasteiger partial charge in [0.1, 0.15) is 5.75 Å². The Kier molecular flexibility index (Phi) is 5.84. The average molecular weight is 259 g/mol. The minimum Gasteiger partial charge on any atom is -0.465 e. The van der Waals surface area contributed by atoms with Crippen LogP contribution in [-0.4, -0.2) is 12.1 Å². The molecule has 0 saturated heterocycles. The molecule has 0 radical (unpaired) electrons. The van der Waals surface area contributed by atoms with Gasteiger partial charge in [-0.25, -0.2) is 0 Å². The molecule has 0 fully saturated rings. The zero-order valence-corrected chi connectivity index (χ0v) is 12.5. The van der Waals surface area contributed by atoms with Crippen molar-refractivity contribution in [2.75, 3.05) is 6.54 Å².